The Balaban J connectivity index is 2.21. The zero-order valence-corrected chi connectivity index (χ0v) is 16.9. The molecule has 0 heterocycles. The van der Waals surface area contributed by atoms with Crippen LogP contribution in [-0.4, -0.2) is 26.0 Å². The maximum absolute atomic E-state index is 12.6. The van der Waals surface area contributed by atoms with E-state index < -0.39 is 10.0 Å². The predicted octanol–water partition coefficient (Wildman–Crippen LogP) is 4.47. The fourth-order valence-electron chi connectivity index (χ4n) is 2.61. The molecule has 1 N–H and O–H groups in total. The molecule has 1 aromatic carbocycles. The lowest BCUT2D eigenvalue weighted by atomic mass is 10.1. The van der Waals surface area contributed by atoms with Crippen molar-refractivity contribution in [2.24, 2.45) is 0 Å². The first-order chi connectivity index (χ1) is 9.80. The Labute approximate surface area is 148 Å². The monoisotopic (exact) mass is 455 g/mol. The van der Waals surface area contributed by atoms with Crippen LogP contribution in [0.15, 0.2) is 26.0 Å². The Hall–Kier alpha value is 0.440. The molecule has 0 saturated heterocycles. The number of hydrogen-bond donors (Lipinski definition) is 1. The number of benzene rings is 1. The van der Waals surface area contributed by atoms with Crippen molar-refractivity contribution in [1.82, 2.24) is 4.72 Å². The van der Waals surface area contributed by atoms with Crippen molar-refractivity contribution in [3.63, 3.8) is 0 Å². The molecule has 7 heteroatoms. The van der Waals surface area contributed by atoms with Crippen LogP contribution in [0.25, 0.3) is 0 Å². The largest absolute Gasteiger partial charge is 0.241 e. The highest BCUT2D eigenvalue weighted by atomic mass is 79.9. The summed E-state index contributed by atoms with van der Waals surface area (Å²) in [6.07, 6.45) is 6.59. The lowest BCUT2D eigenvalue weighted by Crippen LogP contribution is -2.38. The minimum atomic E-state index is -3.51. The lowest BCUT2D eigenvalue weighted by Gasteiger charge is -2.27. The fourth-order valence-corrected chi connectivity index (χ4v) is 6.42. The first-order valence-electron chi connectivity index (χ1n) is 6.80. The number of thioether (sulfide) groups is 1. The van der Waals surface area contributed by atoms with Crippen LogP contribution in [0.4, 0.5) is 0 Å². The minimum absolute atomic E-state index is 0.0570. The summed E-state index contributed by atoms with van der Waals surface area (Å²) in [6.45, 7) is 2.42. The summed E-state index contributed by atoms with van der Waals surface area (Å²) >= 11 is 8.53. The van der Waals surface area contributed by atoms with E-state index in [-0.39, 0.29) is 9.64 Å². The van der Waals surface area contributed by atoms with Crippen LogP contribution >= 0.6 is 43.6 Å². The highest BCUT2D eigenvalue weighted by Crippen LogP contribution is 2.40. The van der Waals surface area contributed by atoms with Crippen LogP contribution < -0.4 is 4.72 Å². The molecular formula is C14H19Br2NO2S2. The van der Waals surface area contributed by atoms with E-state index in [0.717, 1.165) is 22.9 Å². The number of aryl methyl sites for hydroxylation is 1. The molecule has 118 valence electrons. The topological polar surface area (TPSA) is 46.2 Å². The molecule has 1 aliphatic carbocycles. The standard InChI is InChI=1S/C14H19Br2NO2S2/c1-10-7-12(16)13(8-11(10)15)21(18,19)17-9-14(20-2)5-3-4-6-14/h7-8,17H,3-6,9H2,1-2H3. The second-order valence-electron chi connectivity index (χ2n) is 5.45. The van der Waals surface area contributed by atoms with Gasteiger partial charge < -0.3 is 0 Å². The zero-order valence-electron chi connectivity index (χ0n) is 12.1. The van der Waals surface area contributed by atoms with Gasteiger partial charge in [-0.05, 0) is 59.6 Å². The zero-order chi connectivity index (χ0) is 15.7. The molecule has 2 rings (SSSR count). The summed E-state index contributed by atoms with van der Waals surface area (Å²) < 4.78 is 29.4. The van der Waals surface area contributed by atoms with E-state index in [1.807, 2.05) is 13.0 Å². The Morgan fingerprint density at radius 3 is 2.43 bits per heavy atom. The third kappa shape index (κ3) is 4.05. The fraction of sp³-hybridized carbons (Fsp3) is 0.571. The first-order valence-corrected chi connectivity index (χ1v) is 11.1. The number of halogens is 2. The molecule has 0 unspecified atom stereocenters. The second-order valence-corrected chi connectivity index (χ2v) is 10.2. The predicted molar refractivity (Wildman–Crippen MR) is 96.5 cm³/mol. The summed E-state index contributed by atoms with van der Waals surface area (Å²) in [4.78, 5) is 0.286. The normalized spacial score (nSPS) is 18.1. The van der Waals surface area contributed by atoms with Gasteiger partial charge in [-0.2, -0.15) is 11.8 Å². The van der Waals surface area contributed by atoms with E-state index in [0.29, 0.717) is 11.0 Å². The van der Waals surface area contributed by atoms with Gasteiger partial charge in [0.25, 0.3) is 0 Å². The van der Waals surface area contributed by atoms with Crippen molar-refractivity contribution in [2.75, 3.05) is 12.8 Å². The average molecular weight is 457 g/mol. The van der Waals surface area contributed by atoms with Gasteiger partial charge in [0.2, 0.25) is 10.0 Å². The molecule has 0 radical (unpaired) electrons. The Morgan fingerprint density at radius 1 is 1.24 bits per heavy atom. The molecule has 3 nitrogen and oxygen atoms in total. The first kappa shape index (κ1) is 17.8. The summed E-state index contributed by atoms with van der Waals surface area (Å²) in [5.41, 5.74) is 0.997. The van der Waals surface area contributed by atoms with Gasteiger partial charge in [0, 0.05) is 20.2 Å². The number of rotatable bonds is 5. The SMILES string of the molecule is CSC1(CNS(=O)(=O)c2cc(Br)c(C)cc2Br)CCCC1. The van der Waals surface area contributed by atoms with E-state index in [1.54, 1.807) is 17.8 Å². The highest BCUT2D eigenvalue weighted by Gasteiger charge is 2.34. The van der Waals surface area contributed by atoms with Gasteiger partial charge in [-0.3, -0.25) is 0 Å². The molecule has 0 spiro atoms. The second kappa shape index (κ2) is 6.91. The smallest absolute Gasteiger partial charge is 0.210 e. The molecule has 0 bridgehead atoms. The van der Waals surface area contributed by atoms with E-state index in [4.69, 9.17) is 0 Å². The van der Waals surface area contributed by atoms with Crippen LogP contribution in [0.3, 0.4) is 0 Å². The van der Waals surface area contributed by atoms with Gasteiger partial charge in [0.15, 0.2) is 0 Å². The molecule has 0 aliphatic heterocycles. The van der Waals surface area contributed by atoms with Gasteiger partial charge in [-0.15, -0.1) is 0 Å². The Morgan fingerprint density at radius 2 is 1.86 bits per heavy atom. The van der Waals surface area contributed by atoms with Crippen molar-refractivity contribution in [3.8, 4) is 0 Å². The van der Waals surface area contributed by atoms with Gasteiger partial charge in [-0.25, -0.2) is 13.1 Å². The highest BCUT2D eigenvalue weighted by molar-refractivity contribution is 9.11. The average Bonchev–Trinajstić information content (AvgIpc) is 2.90. The van der Waals surface area contributed by atoms with Crippen molar-refractivity contribution in [1.29, 1.82) is 0 Å². The Bertz CT molecular complexity index is 626. The molecule has 1 aromatic rings. The van der Waals surface area contributed by atoms with Crippen molar-refractivity contribution in [2.45, 2.75) is 42.2 Å². The van der Waals surface area contributed by atoms with Crippen LogP contribution in [0.5, 0.6) is 0 Å². The Kier molecular flexibility index (Phi) is 5.85. The van der Waals surface area contributed by atoms with E-state index in [9.17, 15) is 8.42 Å². The molecule has 1 saturated carbocycles. The molecule has 0 aromatic heterocycles. The quantitative estimate of drug-likeness (QED) is 0.710. The van der Waals surface area contributed by atoms with Crippen LogP contribution in [0.2, 0.25) is 0 Å². The third-order valence-corrected chi connectivity index (χ3v) is 8.67. The molecule has 1 aliphatic rings. The number of hydrogen-bond acceptors (Lipinski definition) is 3. The van der Waals surface area contributed by atoms with Gasteiger partial charge in [0.05, 0.1) is 4.90 Å². The van der Waals surface area contributed by atoms with Crippen LogP contribution in [0.1, 0.15) is 31.2 Å². The van der Waals surface area contributed by atoms with Crippen molar-refractivity contribution < 1.29 is 8.42 Å². The van der Waals surface area contributed by atoms with Gasteiger partial charge in [-0.1, -0.05) is 28.8 Å². The number of sulfonamides is 1. The lowest BCUT2D eigenvalue weighted by molar-refractivity contribution is 0.551. The summed E-state index contributed by atoms with van der Waals surface area (Å²) in [5, 5.41) is 0. The van der Waals surface area contributed by atoms with Crippen LogP contribution in [0, 0.1) is 6.92 Å². The third-order valence-electron chi connectivity index (χ3n) is 4.03. The summed E-state index contributed by atoms with van der Waals surface area (Å²) in [5.74, 6) is 0. The van der Waals surface area contributed by atoms with Crippen LogP contribution in [-0.2, 0) is 10.0 Å². The van der Waals surface area contributed by atoms with E-state index in [2.05, 4.69) is 42.8 Å². The van der Waals surface area contributed by atoms with Crippen molar-refractivity contribution in [3.05, 3.63) is 26.6 Å². The molecule has 21 heavy (non-hydrogen) atoms. The molecule has 0 atom stereocenters. The van der Waals surface area contributed by atoms with Crippen molar-refractivity contribution >= 4 is 53.6 Å². The summed E-state index contributed by atoms with van der Waals surface area (Å²) in [7, 11) is -3.51. The summed E-state index contributed by atoms with van der Waals surface area (Å²) in [6, 6.07) is 3.47. The maximum atomic E-state index is 12.6. The minimum Gasteiger partial charge on any atom is -0.210 e. The molecule has 0 amide bonds. The number of nitrogens with one attached hydrogen (secondary N) is 1. The maximum Gasteiger partial charge on any atom is 0.241 e. The van der Waals surface area contributed by atoms with E-state index in [1.165, 1.54) is 12.8 Å². The van der Waals surface area contributed by atoms with Gasteiger partial charge >= 0.3 is 0 Å². The van der Waals surface area contributed by atoms with Gasteiger partial charge in [0.1, 0.15) is 0 Å². The molecular weight excluding hydrogens is 438 g/mol. The molecule has 1 fully saturated rings. The van der Waals surface area contributed by atoms with E-state index >= 15 is 0 Å².